The maximum Gasteiger partial charge on any atom is 0.185 e. The van der Waals surface area contributed by atoms with Crippen LogP contribution in [0.25, 0.3) is 0 Å². The number of hydrogen-bond acceptors (Lipinski definition) is 5. The van der Waals surface area contributed by atoms with E-state index in [0.29, 0.717) is 0 Å². The summed E-state index contributed by atoms with van der Waals surface area (Å²) in [5, 5.41) is 3.25. The fraction of sp³-hybridized carbons (Fsp3) is 0.667. The molecule has 0 unspecified atom stereocenters. The molecule has 1 aliphatic heterocycles. The highest BCUT2D eigenvalue weighted by Crippen LogP contribution is 2.22. The summed E-state index contributed by atoms with van der Waals surface area (Å²) < 4.78 is 0. The van der Waals surface area contributed by atoms with E-state index < -0.39 is 0 Å². The molecule has 0 atom stereocenters. The maximum absolute atomic E-state index is 4.53. The van der Waals surface area contributed by atoms with Crippen LogP contribution in [0.3, 0.4) is 0 Å². The molecule has 1 aliphatic rings. The summed E-state index contributed by atoms with van der Waals surface area (Å²) in [5.41, 5.74) is 1.09. The number of nitrogens with zero attached hydrogens (tertiary/aromatic N) is 3. The lowest BCUT2D eigenvalue weighted by molar-refractivity contribution is 0.312. The summed E-state index contributed by atoms with van der Waals surface area (Å²) in [7, 11) is 2.17. The van der Waals surface area contributed by atoms with Crippen LogP contribution in [-0.4, -0.2) is 43.1 Å². The van der Waals surface area contributed by atoms with E-state index in [1.165, 1.54) is 0 Å². The molecule has 0 radical (unpaired) electrons. The maximum atomic E-state index is 4.53. The molecule has 1 aromatic rings. The van der Waals surface area contributed by atoms with Crippen molar-refractivity contribution in [3.8, 4) is 0 Å². The monoisotopic (exact) mass is 229 g/mol. The Balaban J connectivity index is 2.01. The number of aromatic nitrogens is 1. The lowest BCUT2D eigenvalue weighted by atomic mass is 10.3. The normalized spacial score (nSPS) is 18.9. The molecule has 1 aromatic heterocycles. The van der Waals surface area contributed by atoms with Crippen LogP contribution < -0.4 is 4.90 Å². The molecule has 0 aliphatic carbocycles. The number of thiol groups is 1. The number of anilines is 1. The Labute approximate surface area is 94.1 Å². The minimum Gasteiger partial charge on any atom is -0.346 e. The molecule has 78 valence electrons. The van der Waals surface area contributed by atoms with E-state index in [1.54, 1.807) is 11.3 Å². The van der Waals surface area contributed by atoms with Crippen LogP contribution >= 0.6 is 24.0 Å². The molecule has 2 heterocycles. The molecule has 1 fully saturated rings. The van der Waals surface area contributed by atoms with Crippen LogP contribution in [0.4, 0.5) is 5.13 Å². The van der Waals surface area contributed by atoms with E-state index in [0.717, 1.165) is 42.8 Å². The van der Waals surface area contributed by atoms with Crippen molar-refractivity contribution in [3.63, 3.8) is 0 Å². The van der Waals surface area contributed by atoms with Crippen LogP contribution in [0.15, 0.2) is 5.38 Å². The summed E-state index contributed by atoms with van der Waals surface area (Å²) in [5.74, 6) is 0.740. The highest BCUT2D eigenvalue weighted by atomic mass is 32.1. The fourth-order valence-corrected chi connectivity index (χ4v) is 2.68. The largest absolute Gasteiger partial charge is 0.346 e. The Hall–Kier alpha value is -0.260. The Kier molecular flexibility index (Phi) is 3.30. The van der Waals surface area contributed by atoms with Gasteiger partial charge in [0, 0.05) is 37.3 Å². The van der Waals surface area contributed by atoms with Crippen LogP contribution in [0.1, 0.15) is 5.69 Å². The van der Waals surface area contributed by atoms with Crippen molar-refractivity contribution in [1.29, 1.82) is 0 Å². The van der Waals surface area contributed by atoms with Crippen LogP contribution in [0.2, 0.25) is 0 Å². The summed E-state index contributed by atoms with van der Waals surface area (Å²) in [6.45, 7) is 4.46. The lowest BCUT2D eigenvalue weighted by Crippen LogP contribution is -2.44. The number of rotatable bonds is 2. The van der Waals surface area contributed by atoms with E-state index >= 15 is 0 Å². The standard InChI is InChI=1S/C9H15N3S2/c1-11-2-4-12(5-3-11)9-10-8(6-13)7-14-9/h7,13H,2-6H2,1H3. The number of piperazine rings is 1. The molecular weight excluding hydrogens is 214 g/mol. The molecular formula is C9H15N3S2. The van der Waals surface area contributed by atoms with Gasteiger partial charge in [-0.2, -0.15) is 12.6 Å². The van der Waals surface area contributed by atoms with E-state index in [9.17, 15) is 0 Å². The zero-order valence-corrected chi connectivity index (χ0v) is 10.0. The van der Waals surface area contributed by atoms with Gasteiger partial charge in [0.2, 0.25) is 0 Å². The van der Waals surface area contributed by atoms with Gasteiger partial charge in [-0.05, 0) is 7.05 Å². The number of likely N-dealkylation sites (N-methyl/N-ethyl adjacent to an activating group) is 1. The first-order valence-electron chi connectivity index (χ1n) is 4.78. The van der Waals surface area contributed by atoms with Gasteiger partial charge in [0.1, 0.15) is 0 Å². The van der Waals surface area contributed by atoms with Crippen LogP contribution in [-0.2, 0) is 5.75 Å². The molecule has 2 rings (SSSR count). The second kappa shape index (κ2) is 4.51. The Morgan fingerprint density at radius 2 is 2.14 bits per heavy atom. The smallest absolute Gasteiger partial charge is 0.185 e. The van der Waals surface area contributed by atoms with Crippen LogP contribution in [0, 0.1) is 0 Å². The van der Waals surface area contributed by atoms with Crippen molar-refractivity contribution < 1.29 is 0 Å². The second-order valence-corrected chi connectivity index (χ2v) is 4.72. The number of thiazole rings is 1. The van der Waals surface area contributed by atoms with Gasteiger partial charge < -0.3 is 9.80 Å². The third-order valence-electron chi connectivity index (χ3n) is 2.48. The molecule has 5 heteroatoms. The molecule has 14 heavy (non-hydrogen) atoms. The highest BCUT2D eigenvalue weighted by Gasteiger charge is 2.16. The van der Waals surface area contributed by atoms with Gasteiger partial charge in [-0.1, -0.05) is 0 Å². The van der Waals surface area contributed by atoms with Crippen molar-refractivity contribution in [1.82, 2.24) is 9.88 Å². The molecule has 0 saturated carbocycles. The SMILES string of the molecule is CN1CCN(c2nc(CS)cs2)CC1. The average molecular weight is 229 g/mol. The Bertz CT molecular complexity index is 292. The van der Waals surface area contributed by atoms with Crippen molar-refractivity contribution in [2.24, 2.45) is 0 Å². The quantitative estimate of drug-likeness (QED) is 0.772. The minimum absolute atomic E-state index is 0.740. The van der Waals surface area contributed by atoms with Gasteiger partial charge in [0.05, 0.1) is 5.69 Å². The Morgan fingerprint density at radius 3 is 2.71 bits per heavy atom. The predicted molar refractivity (Wildman–Crippen MR) is 64.5 cm³/mol. The van der Waals surface area contributed by atoms with Gasteiger partial charge in [-0.25, -0.2) is 4.98 Å². The molecule has 1 saturated heterocycles. The van der Waals surface area contributed by atoms with Crippen molar-refractivity contribution in [3.05, 3.63) is 11.1 Å². The molecule has 3 nitrogen and oxygen atoms in total. The van der Waals surface area contributed by atoms with E-state index in [1.807, 2.05) is 0 Å². The third-order valence-corrected chi connectivity index (χ3v) is 3.75. The van der Waals surface area contributed by atoms with Gasteiger partial charge in [0.15, 0.2) is 5.13 Å². The second-order valence-electron chi connectivity index (χ2n) is 3.57. The van der Waals surface area contributed by atoms with E-state index in [2.05, 4.69) is 39.8 Å². The fourth-order valence-electron chi connectivity index (χ4n) is 1.51. The predicted octanol–water partition coefficient (Wildman–Crippen LogP) is 1.32. The summed E-state index contributed by atoms with van der Waals surface area (Å²) in [6.07, 6.45) is 0. The van der Waals surface area contributed by atoms with Gasteiger partial charge >= 0.3 is 0 Å². The first-order chi connectivity index (χ1) is 6.79. The molecule has 0 aromatic carbocycles. The molecule has 0 bridgehead atoms. The molecule has 0 N–H and O–H groups in total. The Morgan fingerprint density at radius 1 is 1.43 bits per heavy atom. The van der Waals surface area contributed by atoms with Crippen molar-refractivity contribution >= 4 is 29.1 Å². The topological polar surface area (TPSA) is 19.4 Å². The van der Waals surface area contributed by atoms with Gasteiger partial charge in [-0.15, -0.1) is 11.3 Å². The first kappa shape index (κ1) is 10.3. The van der Waals surface area contributed by atoms with Gasteiger partial charge in [0.25, 0.3) is 0 Å². The summed E-state index contributed by atoms with van der Waals surface area (Å²) in [6, 6.07) is 0. The third kappa shape index (κ3) is 2.21. The zero-order chi connectivity index (χ0) is 9.97. The summed E-state index contributed by atoms with van der Waals surface area (Å²) in [4.78, 5) is 9.24. The van der Waals surface area contributed by atoms with Crippen molar-refractivity contribution in [2.45, 2.75) is 5.75 Å². The number of hydrogen-bond donors (Lipinski definition) is 1. The molecule has 0 amide bonds. The van der Waals surface area contributed by atoms with E-state index in [4.69, 9.17) is 0 Å². The summed E-state index contributed by atoms with van der Waals surface area (Å²) >= 11 is 5.95. The first-order valence-corrected chi connectivity index (χ1v) is 6.29. The zero-order valence-electron chi connectivity index (χ0n) is 8.31. The lowest BCUT2D eigenvalue weighted by Gasteiger charge is -2.32. The minimum atomic E-state index is 0.740. The van der Waals surface area contributed by atoms with Crippen LogP contribution in [0.5, 0.6) is 0 Å². The van der Waals surface area contributed by atoms with Gasteiger partial charge in [-0.3, -0.25) is 0 Å². The average Bonchev–Trinajstić information content (AvgIpc) is 2.67. The highest BCUT2D eigenvalue weighted by molar-refractivity contribution is 7.79. The molecule has 0 spiro atoms. The van der Waals surface area contributed by atoms with Crippen molar-refractivity contribution in [2.75, 3.05) is 38.1 Å². The van der Waals surface area contributed by atoms with E-state index in [-0.39, 0.29) is 0 Å².